The number of carboxylic acids is 1. The van der Waals surface area contributed by atoms with E-state index in [1.54, 1.807) is 64.5 Å². The number of amides is 3. The number of hydrogen-bond donors (Lipinski definition) is 3. The lowest BCUT2D eigenvalue weighted by Crippen LogP contribution is -2.33. The highest BCUT2D eigenvalue weighted by atomic mass is 19.1. The Morgan fingerprint density at radius 1 is 0.643 bits per heavy atom. The number of carbonyl (C=O) groups excluding carboxylic acids is 3. The lowest BCUT2D eigenvalue weighted by atomic mass is 9.96. The lowest BCUT2D eigenvalue weighted by molar-refractivity contribution is 0.0692. The molecule has 3 aliphatic rings. The maximum Gasteiger partial charge on any atom is 0.336 e. The van der Waals surface area contributed by atoms with E-state index < -0.39 is 12.1 Å². The molecule has 0 radical (unpaired) electrons. The van der Waals surface area contributed by atoms with Crippen LogP contribution in [0.3, 0.4) is 0 Å². The van der Waals surface area contributed by atoms with Crippen molar-refractivity contribution < 1.29 is 42.9 Å². The van der Waals surface area contributed by atoms with Gasteiger partial charge in [0.25, 0.3) is 17.7 Å². The first-order chi connectivity index (χ1) is 34.0. The van der Waals surface area contributed by atoms with Crippen molar-refractivity contribution in [1.29, 1.82) is 0 Å². The van der Waals surface area contributed by atoms with E-state index in [1.807, 2.05) is 60.7 Å². The van der Waals surface area contributed by atoms with Crippen molar-refractivity contribution in [2.24, 2.45) is 0 Å². The monoisotopic (exact) mass is 937 g/mol. The summed E-state index contributed by atoms with van der Waals surface area (Å²) >= 11 is 0. The van der Waals surface area contributed by atoms with Gasteiger partial charge in [0.15, 0.2) is 11.5 Å². The number of phenols is 1. The molecule has 4 heterocycles. The number of halogens is 2. The van der Waals surface area contributed by atoms with Gasteiger partial charge >= 0.3 is 5.97 Å². The van der Waals surface area contributed by atoms with Crippen LogP contribution in [0.25, 0.3) is 21.8 Å². The van der Waals surface area contributed by atoms with Crippen molar-refractivity contribution in [2.75, 3.05) is 0 Å². The van der Waals surface area contributed by atoms with Crippen LogP contribution in [-0.4, -0.2) is 59.7 Å². The molecule has 350 valence electrons. The molecule has 11 rings (SSSR count). The van der Waals surface area contributed by atoms with E-state index in [0.717, 1.165) is 47.9 Å². The topological polar surface area (TPSA) is 162 Å². The molecule has 70 heavy (non-hydrogen) atoms. The second-order valence-corrected chi connectivity index (χ2v) is 17.6. The van der Waals surface area contributed by atoms with Gasteiger partial charge in [-0.05, 0) is 71.5 Å². The van der Waals surface area contributed by atoms with E-state index in [2.05, 4.69) is 15.3 Å². The van der Waals surface area contributed by atoms with Crippen molar-refractivity contribution in [3.63, 3.8) is 0 Å². The molecular formula is C56H45F2N5O7. The highest BCUT2D eigenvalue weighted by Gasteiger charge is 2.39. The van der Waals surface area contributed by atoms with Crippen LogP contribution in [0.2, 0.25) is 0 Å². The number of hydrogen-bond acceptors (Lipinski definition) is 8. The summed E-state index contributed by atoms with van der Waals surface area (Å²) < 4.78 is 33.4. The van der Waals surface area contributed by atoms with Gasteiger partial charge in [0.2, 0.25) is 0 Å². The van der Waals surface area contributed by atoms with Gasteiger partial charge in [0.05, 0.1) is 22.3 Å². The molecule has 6 aromatic carbocycles. The minimum atomic E-state index is -1.14. The fourth-order valence-corrected chi connectivity index (χ4v) is 9.81. The largest absolute Gasteiger partial charge is 0.505 e. The molecule has 0 bridgehead atoms. The van der Waals surface area contributed by atoms with Crippen molar-refractivity contribution in [3.05, 3.63) is 213 Å². The molecule has 12 nitrogen and oxygen atoms in total. The van der Waals surface area contributed by atoms with E-state index in [0.29, 0.717) is 33.0 Å². The number of aromatic hydroxyl groups is 1. The van der Waals surface area contributed by atoms with E-state index in [1.165, 1.54) is 30.5 Å². The third-order valence-electron chi connectivity index (χ3n) is 13.1. The van der Waals surface area contributed by atoms with Crippen LogP contribution < -0.4 is 10.1 Å². The third kappa shape index (κ3) is 8.75. The van der Waals surface area contributed by atoms with Crippen molar-refractivity contribution in [3.8, 4) is 11.5 Å². The highest BCUT2D eigenvalue weighted by molar-refractivity contribution is 6.16. The number of benzene rings is 6. The summed E-state index contributed by atoms with van der Waals surface area (Å²) in [6.45, 7) is 0.713. The first kappa shape index (κ1) is 45.3. The number of carboxylic acid groups (broad SMARTS) is 1. The van der Waals surface area contributed by atoms with Crippen LogP contribution in [0, 0.1) is 11.6 Å². The van der Waals surface area contributed by atoms with Crippen LogP contribution >= 0.6 is 0 Å². The Bertz CT molecular complexity index is 3270. The van der Waals surface area contributed by atoms with Gasteiger partial charge < -0.3 is 30.1 Å². The Morgan fingerprint density at radius 2 is 1.13 bits per heavy atom. The van der Waals surface area contributed by atoms with Gasteiger partial charge in [-0.1, -0.05) is 110 Å². The van der Waals surface area contributed by atoms with Crippen LogP contribution in [-0.2, 0) is 26.2 Å². The zero-order valence-corrected chi connectivity index (χ0v) is 37.6. The third-order valence-corrected chi connectivity index (χ3v) is 13.1. The molecule has 2 aromatic heterocycles. The standard InChI is InChI=1S/C32H23FN2O4.C24H22FN3O3/c33-23-15-13-20(14-16-23)18-35-19-25-26(32(37)38)24-12-7-17-34-28(24)30(27(25)31(35)36)39-29(21-8-3-1-4-9-21)22-10-5-2-6-11-22;25-15-9-7-14(8-10-15)12-28-13-18-19(23(30)27-16-4-1-2-5-16)17-6-3-11-26-21(17)22(29)20(18)24(28)31/h1-17,29H,18-19H2,(H,37,38);3,6-11,16,29H,1-2,4-5,12-13H2,(H,27,30). The van der Waals surface area contributed by atoms with E-state index in [9.17, 15) is 38.2 Å². The molecule has 0 saturated heterocycles. The maximum atomic E-state index is 13.9. The second-order valence-electron chi connectivity index (χ2n) is 17.6. The van der Waals surface area contributed by atoms with Crippen LogP contribution in [0.5, 0.6) is 11.5 Å². The predicted octanol–water partition coefficient (Wildman–Crippen LogP) is 10.3. The summed E-state index contributed by atoms with van der Waals surface area (Å²) in [7, 11) is 0. The second kappa shape index (κ2) is 19.2. The van der Waals surface area contributed by atoms with Crippen LogP contribution in [0.1, 0.15) is 107 Å². The van der Waals surface area contributed by atoms with Crippen LogP contribution in [0.15, 0.2) is 146 Å². The fourth-order valence-electron chi connectivity index (χ4n) is 9.81. The van der Waals surface area contributed by atoms with Gasteiger partial charge in [-0.25, -0.2) is 13.6 Å². The number of aromatic carboxylic acids is 1. The number of phenolic OH excluding ortho intramolecular Hbond substituents is 1. The molecule has 0 spiro atoms. The molecule has 0 atom stereocenters. The lowest BCUT2D eigenvalue weighted by Gasteiger charge is -2.23. The van der Waals surface area contributed by atoms with Gasteiger partial charge in [-0.3, -0.25) is 24.4 Å². The molecular weight excluding hydrogens is 893 g/mol. The Hall–Kier alpha value is -8.52. The number of nitrogens with zero attached hydrogens (tertiary/aromatic N) is 4. The van der Waals surface area contributed by atoms with Crippen LogP contribution in [0.4, 0.5) is 8.78 Å². The Morgan fingerprint density at radius 3 is 1.66 bits per heavy atom. The van der Waals surface area contributed by atoms with Gasteiger partial charge in [-0.2, -0.15) is 0 Å². The molecule has 0 unspecified atom stereocenters. The summed E-state index contributed by atoms with van der Waals surface area (Å²) in [5.41, 5.74) is 5.44. The number of ether oxygens (including phenoxy) is 1. The molecule has 14 heteroatoms. The Kier molecular flexibility index (Phi) is 12.4. The first-order valence-electron chi connectivity index (χ1n) is 23.0. The van der Waals surface area contributed by atoms with Crippen molar-refractivity contribution in [1.82, 2.24) is 25.1 Å². The SMILES string of the molecule is O=C(NC1CCCC1)c1c2c(c(O)c3ncccc13)C(=O)N(Cc1ccc(F)cc1)C2.O=C(O)c1c2c(c(OC(c3ccccc3)c3ccccc3)c3ncccc13)C(=O)N(Cc1ccc(F)cc1)C2. The van der Waals surface area contributed by atoms with Gasteiger partial charge in [0, 0.05) is 66.5 Å². The number of carbonyl (C=O) groups is 4. The maximum absolute atomic E-state index is 13.9. The molecule has 1 saturated carbocycles. The molecule has 1 aliphatic carbocycles. The quantitative estimate of drug-likeness (QED) is 0.115. The molecule has 3 amide bonds. The first-order valence-corrected chi connectivity index (χ1v) is 23.0. The fraction of sp³-hybridized carbons (Fsp3) is 0.179. The van der Waals surface area contributed by atoms with E-state index >= 15 is 0 Å². The summed E-state index contributed by atoms with van der Waals surface area (Å²) in [6.07, 6.45) is 6.58. The Balaban J connectivity index is 0.000000166. The van der Waals surface area contributed by atoms with E-state index in [4.69, 9.17) is 4.74 Å². The summed E-state index contributed by atoms with van der Waals surface area (Å²) in [4.78, 5) is 64.8. The predicted molar refractivity (Wildman–Crippen MR) is 257 cm³/mol. The number of fused-ring (bicyclic) bond motifs is 4. The zero-order chi connectivity index (χ0) is 48.5. The molecule has 8 aromatic rings. The minimum absolute atomic E-state index is 0.0337. The molecule has 1 fully saturated rings. The van der Waals surface area contributed by atoms with Gasteiger partial charge in [-0.15, -0.1) is 0 Å². The number of nitrogens with one attached hydrogen (secondary N) is 1. The molecule has 3 N–H and O–H groups in total. The van der Waals surface area contributed by atoms with E-state index in [-0.39, 0.29) is 95.3 Å². The van der Waals surface area contributed by atoms with Crippen molar-refractivity contribution >= 4 is 45.5 Å². The highest BCUT2D eigenvalue weighted by Crippen LogP contribution is 2.44. The normalized spacial score (nSPS) is 14.2. The average molecular weight is 938 g/mol. The smallest absolute Gasteiger partial charge is 0.336 e. The Labute approximate surface area is 400 Å². The summed E-state index contributed by atoms with van der Waals surface area (Å²) in [5, 5.41) is 25.1. The zero-order valence-electron chi connectivity index (χ0n) is 37.6. The number of pyridine rings is 2. The summed E-state index contributed by atoms with van der Waals surface area (Å²) in [6, 6.07) is 38.1. The average Bonchev–Trinajstić information content (AvgIpc) is 4.09. The molecule has 2 aliphatic heterocycles. The summed E-state index contributed by atoms with van der Waals surface area (Å²) in [5.74, 6) is -2.78. The minimum Gasteiger partial charge on any atom is -0.505 e. The van der Waals surface area contributed by atoms with Gasteiger partial charge in [0.1, 0.15) is 28.8 Å². The van der Waals surface area contributed by atoms with Crippen molar-refractivity contribution in [2.45, 2.75) is 64.0 Å². The number of rotatable bonds is 11. The number of aromatic nitrogens is 2.